The van der Waals surface area contributed by atoms with E-state index in [4.69, 9.17) is 4.74 Å². The molecule has 0 saturated heterocycles. The first-order chi connectivity index (χ1) is 15.0. The molecule has 3 aromatic heterocycles. The molecular weight excluding hydrogens is 432 g/mol. The van der Waals surface area contributed by atoms with E-state index in [1.165, 1.54) is 28.7 Å². The standard InChI is InChI=1S/C23H18N2O4S2/c1-14-12-18(15(2)25(14)23-24-9-11-31-23)19(26)13-29-22(28)17-7-4-3-6-16(17)21(27)20-8-5-10-30-20/h3-12H,13H2,1-2H3. The number of nitrogens with zero attached hydrogens (tertiary/aromatic N) is 2. The minimum Gasteiger partial charge on any atom is -0.454 e. The Morgan fingerprint density at radius 3 is 2.42 bits per heavy atom. The number of hydrogen-bond donors (Lipinski definition) is 0. The zero-order valence-electron chi connectivity index (χ0n) is 16.8. The van der Waals surface area contributed by atoms with Crippen LogP contribution in [0.1, 0.15) is 47.3 Å². The highest BCUT2D eigenvalue weighted by Crippen LogP contribution is 2.23. The number of rotatable bonds is 7. The Hall–Kier alpha value is -3.36. The van der Waals surface area contributed by atoms with Gasteiger partial charge in [-0.3, -0.25) is 14.2 Å². The van der Waals surface area contributed by atoms with E-state index in [9.17, 15) is 14.4 Å². The topological polar surface area (TPSA) is 78.3 Å². The molecule has 156 valence electrons. The summed E-state index contributed by atoms with van der Waals surface area (Å²) in [5.74, 6) is -1.27. The number of thiophene rings is 1. The Morgan fingerprint density at radius 2 is 1.74 bits per heavy atom. The third-order valence-electron chi connectivity index (χ3n) is 4.81. The van der Waals surface area contributed by atoms with Gasteiger partial charge in [0.1, 0.15) is 0 Å². The van der Waals surface area contributed by atoms with Crippen LogP contribution in [0.15, 0.2) is 59.4 Å². The van der Waals surface area contributed by atoms with Crippen LogP contribution in [0.2, 0.25) is 0 Å². The van der Waals surface area contributed by atoms with E-state index in [2.05, 4.69) is 4.98 Å². The molecule has 0 aliphatic rings. The molecule has 6 nitrogen and oxygen atoms in total. The average molecular weight is 451 g/mol. The molecule has 0 N–H and O–H groups in total. The predicted octanol–water partition coefficient (Wildman–Crippen LogP) is 4.88. The molecule has 0 atom stereocenters. The average Bonchev–Trinajstić information content (AvgIpc) is 3.53. The van der Waals surface area contributed by atoms with Gasteiger partial charge < -0.3 is 4.74 Å². The van der Waals surface area contributed by atoms with Gasteiger partial charge in [-0.15, -0.1) is 22.7 Å². The second-order valence-electron chi connectivity index (χ2n) is 6.79. The van der Waals surface area contributed by atoms with Crippen LogP contribution in [-0.4, -0.2) is 33.7 Å². The van der Waals surface area contributed by atoms with Crippen molar-refractivity contribution in [3.63, 3.8) is 0 Å². The summed E-state index contributed by atoms with van der Waals surface area (Å²) in [6, 6.07) is 11.7. The lowest BCUT2D eigenvalue weighted by Gasteiger charge is -2.09. The van der Waals surface area contributed by atoms with E-state index in [1.807, 2.05) is 23.8 Å². The van der Waals surface area contributed by atoms with Crippen molar-refractivity contribution in [1.82, 2.24) is 9.55 Å². The molecule has 0 saturated carbocycles. The van der Waals surface area contributed by atoms with Gasteiger partial charge in [-0.25, -0.2) is 9.78 Å². The lowest BCUT2D eigenvalue weighted by molar-refractivity contribution is 0.0472. The number of carbonyl (C=O) groups excluding carboxylic acids is 3. The van der Waals surface area contributed by atoms with Gasteiger partial charge in [0.15, 0.2) is 11.7 Å². The number of thiazole rings is 1. The monoisotopic (exact) mass is 450 g/mol. The summed E-state index contributed by atoms with van der Waals surface area (Å²) in [4.78, 5) is 43.0. The molecule has 0 spiro atoms. The van der Waals surface area contributed by atoms with E-state index in [-0.39, 0.29) is 22.7 Å². The van der Waals surface area contributed by atoms with Gasteiger partial charge in [-0.05, 0) is 37.4 Å². The van der Waals surface area contributed by atoms with Crippen LogP contribution in [-0.2, 0) is 4.74 Å². The summed E-state index contributed by atoms with van der Waals surface area (Å²) in [7, 11) is 0. The van der Waals surface area contributed by atoms with Crippen LogP contribution in [0, 0.1) is 13.8 Å². The van der Waals surface area contributed by atoms with Crippen LogP contribution in [0.25, 0.3) is 5.13 Å². The SMILES string of the molecule is Cc1cc(C(=O)COC(=O)c2ccccc2C(=O)c2cccs2)c(C)n1-c1nccs1. The molecule has 4 rings (SSSR count). The van der Waals surface area contributed by atoms with Crippen molar-refractivity contribution in [3.8, 4) is 5.13 Å². The molecular formula is C23H18N2O4S2. The highest BCUT2D eigenvalue weighted by atomic mass is 32.1. The molecule has 0 radical (unpaired) electrons. The number of carbonyl (C=O) groups is 3. The number of aryl methyl sites for hydroxylation is 1. The van der Waals surface area contributed by atoms with Crippen LogP contribution in [0.3, 0.4) is 0 Å². The fourth-order valence-electron chi connectivity index (χ4n) is 3.35. The zero-order chi connectivity index (χ0) is 22.0. The number of ether oxygens (including phenoxy) is 1. The summed E-state index contributed by atoms with van der Waals surface area (Å²) in [6.07, 6.45) is 1.71. The van der Waals surface area contributed by atoms with E-state index in [0.717, 1.165) is 16.5 Å². The molecule has 0 aliphatic heterocycles. The second kappa shape index (κ2) is 8.79. The van der Waals surface area contributed by atoms with Gasteiger partial charge in [-0.1, -0.05) is 24.3 Å². The smallest absolute Gasteiger partial charge is 0.339 e. The summed E-state index contributed by atoms with van der Waals surface area (Å²) in [5.41, 5.74) is 2.48. The van der Waals surface area contributed by atoms with Crippen molar-refractivity contribution in [2.24, 2.45) is 0 Å². The number of hydrogen-bond acceptors (Lipinski definition) is 7. The third kappa shape index (κ3) is 4.12. The summed E-state index contributed by atoms with van der Waals surface area (Å²) in [5, 5.41) is 4.44. The van der Waals surface area contributed by atoms with Crippen LogP contribution in [0.5, 0.6) is 0 Å². The molecule has 8 heteroatoms. The minimum absolute atomic E-state index is 0.141. The molecule has 1 aromatic carbocycles. The summed E-state index contributed by atoms with van der Waals surface area (Å²) >= 11 is 2.78. The van der Waals surface area contributed by atoms with Gasteiger partial charge in [0.25, 0.3) is 0 Å². The highest BCUT2D eigenvalue weighted by Gasteiger charge is 2.22. The fraction of sp³-hybridized carbons (Fsp3) is 0.130. The van der Waals surface area contributed by atoms with Gasteiger partial charge in [-0.2, -0.15) is 0 Å². The van der Waals surface area contributed by atoms with Crippen molar-refractivity contribution in [3.05, 3.63) is 92.4 Å². The van der Waals surface area contributed by atoms with E-state index < -0.39 is 12.6 Å². The number of benzene rings is 1. The first-order valence-corrected chi connectivity index (χ1v) is 11.2. The van der Waals surface area contributed by atoms with Crippen molar-refractivity contribution in [2.45, 2.75) is 13.8 Å². The third-order valence-corrected chi connectivity index (χ3v) is 6.44. The molecule has 3 heterocycles. The van der Waals surface area contributed by atoms with Gasteiger partial charge in [0.05, 0.1) is 10.4 Å². The molecule has 0 fully saturated rings. The first-order valence-electron chi connectivity index (χ1n) is 9.43. The largest absolute Gasteiger partial charge is 0.454 e. The van der Waals surface area contributed by atoms with Crippen molar-refractivity contribution in [1.29, 1.82) is 0 Å². The summed E-state index contributed by atoms with van der Waals surface area (Å²) < 4.78 is 7.19. The zero-order valence-corrected chi connectivity index (χ0v) is 18.5. The molecule has 0 amide bonds. The van der Waals surface area contributed by atoms with Crippen molar-refractivity contribution < 1.29 is 19.1 Å². The lowest BCUT2D eigenvalue weighted by Crippen LogP contribution is -2.17. The predicted molar refractivity (Wildman–Crippen MR) is 120 cm³/mol. The quantitative estimate of drug-likeness (QED) is 0.296. The Bertz CT molecular complexity index is 1250. The van der Waals surface area contributed by atoms with Gasteiger partial charge >= 0.3 is 5.97 Å². The number of ketones is 2. The second-order valence-corrected chi connectivity index (χ2v) is 8.61. The Morgan fingerprint density at radius 1 is 0.968 bits per heavy atom. The maximum Gasteiger partial charge on any atom is 0.339 e. The molecule has 31 heavy (non-hydrogen) atoms. The Balaban J connectivity index is 1.51. The number of aromatic nitrogens is 2. The Kier molecular flexibility index (Phi) is 5.92. The maximum atomic E-state index is 12.8. The minimum atomic E-state index is -0.706. The van der Waals surface area contributed by atoms with E-state index in [0.29, 0.717) is 10.4 Å². The normalized spacial score (nSPS) is 10.8. The lowest BCUT2D eigenvalue weighted by atomic mass is 10.0. The number of Topliss-reactive ketones (excluding diaryl/α,β-unsaturated/α-hetero) is 1. The number of esters is 1. The van der Waals surface area contributed by atoms with Crippen molar-refractivity contribution >= 4 is 40.2 Å². The van der Waals surface area contributed by atoms with Gasteiger partial charge in [0, 0.05) is 34.1 Å². The van der Waals surface area contributed by atoms with Crippen molar-refractivity contribution in [2.75, 3.05) is 6.61 Å². The van der Waals surface area contributed by atoms with E-state index >= 15 is 0 Å². The van der Waals surface area contributed by atoms with E-state index in [1.54, 1.807) is 48.0 Å². The summed E-state index contributed by atoms with van der Waals surface area (Å²) in [6.45, 7) is 3.31. The molecule has 0 aliphatic carbocycles. The fourth-order valence-corrected chi connectivity index (χ4v) is 4.78. The Labute approximate surface area is 186 Å². The first kappa shape index (κ1) is 20.9. The molecule has 0 unspecified atom stereocenters. The maximum absolute atomic E-state index is 12.8. The van der Waals surface area contributed by atoms with Crippen LogP contribution < -0.4 is 0 Å². The van der Waals surface area contributed by atoms with Gasteiger partial charge in [0.2, 0.25) is 11.6 Å². The van der Waals surface area contributed by atoms with Crippen LogP contribution >= 0.6 is 22.7 Å². The van der Waals surface area contributed by atoms with Crippen LogP contribution in [0.4, 0.5) is 0 Å². The molecule has 0 bridgehead atoms. The highest BCUT2D eigenvalue weighted by molar-refractivity contribution is 7.12. The molecule has 4 aromatic rings.